The fraction of sp³-hybridized carbons (Fsp3) is 0.500. The summed E-state index contributed by atoms with van der Waals surface area (Å²) in [7, 11) is 4.28. The zero-order chi connectivity index (χ0) is 19.8. The van der Waals surface area contributed by atoms with Crippen LogP contribution in [0.3, 0.4) is 0 Å². The second kappa shape index (κ2) is 10.5. The monoisotopic (exact) mass is 368 g/mol. The Morgan fingerprint density at radius 2 is 1.63 bits per heavy atom. The molecule has 0 fully saturated rings. The maximum Gasteiger partial charge on any atom is 0.120 e. The van der Waals surface area contributed by atoms with Crippen LogP contribution in [-0.2, 0) is 19.5 Å². The largest absolute Gasteiger partial charge is 0.508 e. The van der Waals surface area contributed by atoms with Gasteiger partial charge in [0.25, 0.3) is 0 Å². The van der Waals surface area contributed by atoms with E-state index in [2.05, 4.69) is 68.9 Å². The van der Waals surface area contributed by atoms with Crippen molar-refractivity contribution >= 4 is 0 Å². The van der Waals surface area contributed by atoms with E-state index in [4.69, 9.17) is 0 Å². The van der Waals surface area contributed by atoms with E-state index in [-0.39, 0.29) is 0 Å². The molecule has 3 heteroatoms. The zero-order valence-electron chi connectivity index (χ0n) is 17.7. The molecule has 1 N–H and O–H groups in total. The molecule has 148 valence electrons. The van der Waals surface area contributed by atoms with Crippen LogP contribution in [0.4, 0.5) is 0 Å². The lowest BCUT2D eigenvalue weighted by Gasteiger charge is -2.35. The van der Waals surface area contributed by atoms with Crippen molar-refractivity contribution in [3.63, 3.8) is 0 Å². The predicted molar refractivity (Wildman–Crippen MR) is 115 cm³/mol. The van der Waals surface area contributed by atoms with Crippen molar-refractivity contribution in [2.24, 2.45) is 5.92 Å². The van der Waals surface area contributed by atoms with E-state index in [1.165, 1.54) is 11.1 Å². The zero-order valence-corrected chi connectivity index (χ0v) is 17.7. The van der Waals surface area contributed by atoms with Crippen LogP contribution in [0, 0.1) is 5.92 Å². The number of rotatable bonds is 10. The molecule has 0 unspecified atom stereocenters. The van der Waals surface area contributed by atoms with Gasteiger partial charge in [-0.05, 0) is 50.0 Å². The molecule has 0 aliphatic rings. The first kappa shape index (κ1) is 21.5. The number of phenols is 1. The Bertz CT molecular complexity index is 686. The minimum atomic E-state index is 0.387. The minimum absolute atomic E-state index is 0.387. The van der Waals surface area contributed by atoms with Crippen molar-refractivity contribution in [1.82, 2.24) is 9.80 Å². The van der Waals surface area contributed by atoms with Crippen LogP contribution in [-0.4, -0.2) is 41.6 Å². The average Bonchev–Trinajstić information content (AvgIpc) is 2.62. The van der Waals surface area contributed by atoms with Gasteiger partial charge in [-0.2, -0.15) is 0 Å². The minimum Gasteiger partial charge on any atom is -0.508 e. The predicted octanol–water partition coefficient (Wildman–Crippen LogP) is 4.93. The Morgan fingerprint density at radius 1 is 0.926 bits per heavy atom. The van der Waals surface area contributed by atoms with E-state index in [9.17, 15) is 5.11 Å². The van der Waals surface area contributed by atoms with Gasteiger partial charge in [0, 0.05) is 31.2 Å². The molecule has 0 heterocycles. The summed E-state index contributed by atoms with van der Waals surface area (Å²) < 4.78 is 0. The van der Waals surface area contributed by atoms with Crippen LogP contribution >= 0.6 is 0 Å². The molecular weight excluding hydrogens is 332 g/mol. The fourth-order valence-corrected chi connectivity index (χ4v) is 3.66. The summed E-state index contributed by atoms with van der Waals surface area (Å²) in [5, 5.41) is 10.3. The molecule has 0 saturated carbocycles. The number of benzene rings is 2. The standard InChI is InChI=1S/C24H36N2O/c1-6-20-10-9-11-21(15-20)16-26(17-22-12-7-8-13-24(22)27)23(14-19(2)3)18-25(4)5/h7-13,15,19,23,27H,6,14,16-18H2,1-5H3/t23-/m0/s1. The Morgan fingerprint density at radius 3 is 2.26 bits per heavy atom. The number of nitrogens with zero attached hydrogens (tertiary/aromatic N) is 2. The van der Waals surface area contributed by atoms with Crippen molar-refractivity contribution in [2.75, 3.05) is 20.6 Å². The average molecular weight is 369 g/mol. The van der Waals surface area contributed by atoms with Crippen LogP contribution in [0.2, 0.25) is 0 Å². The number of aromatic hydroxyl groups is 1. The van der Waals surface area contributed by atoms with Gasteiger partial charge in [-0.25, -0.2) is 0 Å². The summed E-state index contributed by atoms with van der Waals surface area (Å²) in [6.07, 6.45) is 2.19. The second-order valence-electron chi connectivity index (χ2n) is 8.25. The van der Waals surface area contributed by atoms with Gasteiger partial charge in [-0.15, -0.1) is 0 Å². The summed E-state index contributed by atoms with van der Waals surface area (Å²) in [6.45, 7) is 9.45. The molecule has 2 aromatic rings. The molecule has 27 heavy (non-hydrogen) atoms. The highest BCUT2D eigenvalue weighted by Crippen LogP contribution is 2.23. The van der Waals surface area contributed by atoms with Crippen molar-refractivity contribution in [3.8, 4) is 5.75 Å². The van der Waals surface area contributed by atoms with Crippen LogP contribution in [0.5, 0.6) is 5.75 Å². The Hall–Kier alpha value is -1.84. The number of aryl methyl sites for hydroxylation is 1. The fourth-order valence-electron chi connectivity index (χ4n) is 3.66. The maximum absolute atomic E-state index is 10.3. The van der Waals surface area contributed by atoms with Crippen molar-refractivity contribution in [1.29, 1.82) is 0 Å². The van der Waals surface area contributed by atoms with Gasteiger partial charge >= 0.3 is 0 Å². The van der Waals surface area contributed by atoms with E-state index in [1.54, 1.807) is 6.07 Å². The third-order valence-corrected chi connectivity index (χ3v) is 4.99. The van der Waals surface area contributed by atoms with Crippen molar-refractivity contribution < 1.29 is 5.11 Å². The van der Waals surface area contributed by atoms with E-state index < -0.39 is 0 Å². The van der Waals surface area contributed by atoms with E-state index in [1.807, 2.05) is 18.2 Å². The Kier molecular flexibility index (Phi) is 8.33. The van der Waals surface area contributed by atoms with E-state index in [0.717, 1.165) is 38.0 Å². The molecule has 1 atom stereocenters. The first-order valence-electron chi connectivity index (χ1n) is 10.1. The number of phenolic OH excluding ortho intramolecular Hbond substituents is 1. The lowest BCUT2D eigenvalue weighted by molar-refractivity contribution is 0.126. The Labute approximate surface area is 165 Å². The van der Waals surface area contributed by atoms with Gasteiger partial charge in [0.1, 0.15) is 5.75 Å². The van der Waals surface area contributed by atoms with Gasteiger partial charge in [0.2, 0.25) is 0 Å². The quantitative estimate of drug-likeness (QED) is 0.644. The molecule has 0 bridgehead atoms. The molecule has 2 aromatic carbocycles. The highest BCUT2D eigenvalue weighted by atomic mass is 16.3. The van der Waals surface area contributed by atoms with E-state index >= 15 is 0 Å². The van der Waals surface area contributed by atoms with Crippen LogP contribution < -0.4 is 0 Å². The van der Waals surface area contributed by atoms with Gasteiger partial charge in [0.15, 0.2) is 0 Å². The molecule has 0 aliphatic heterocycles. The molecule has 0 spiro atoms. The third-order valence-electron chi connectivity index (χ3n) is 4.99. The number of para-hydroxylation sites is 1. The Balaban J connectivity index is 2.31. The van der Waals surface area contributed by atoms with Crippen molar-refractivity contribution in [3.05, 3.63) is 65.2 Å². The molecule has 3 nitrogen and oxygen atoms in total. The second-order valence-corrected chi connectivity index (χ2v) is 8.25. The highest BCUT2D eigenvalue weighted by molar-refractivity contribution is 5.32. The number of hydrogen-bond acceptors (Lipinski definition) is 3. The van der Waals surface area contributed by atoms with Gasteiger partial charge in [0.05, 0.1) is 0 Å². The van der Waals surface area contributed by atoms with Gasteiger partial charge in [-0.3, -0.25) is 4.90 Å². The van der Waals surface area contributed by atoms with Crippen molar-refractivity contribution in [2.45, 2.75) is 52.7 Å². The lowest BCUT2D eigenvalue weighted by Crippen LogP contribution is -2.42. The molecule has 0 aliphatic carbocycles. The van der Waals surface area contributed by atoms with Crippen LogP contribution in [0.15, 0.2) is 48.5 Å². The molecule has 0 aromatic heterocycles. The SMILES string of the molecule is CCc1cccc(CN(Cc2ccccc2O)[C@@H](CC(C)C)CN(C)C)c1. The summed E-state index contributed by atoms with van der Waals surface area (Å²) in [5.41, 5.74) is 3.72. The van der Waals surface area contributed by atoms with Crippen LogP contribution in [0.1, 0.15) is 43.9 Å². The number of likely N-dealkylation sites (N-methyl/N-ethyl adjacent to an activating group) is 1. The summed E-state index contributed by atoms with van der Waals surface area (Å²) >= 11 is 0. The third kappa shape index (κ3) is 7.00. The van der Waals surface area contributed by atoms with Crippen LogP contribution in [0.25, 0.3) is 0 Å². The molecule has 0 amide bonds. The maximum atomic E-state index is 10.3. The normalized spacial score (nSPS) is 12.9. The first-order valence-corrected chi connectivity index (χ1v) is 10.1. The molecule has 0 saturated heterocycles. The summed E-state index contributed by atoms with van der Waals surface area (Å²) in [5.74, 6) is 1.02. The van der Waals surface area contributed by atoms with Gasteiger partial charge < -0.3 is 10.0 Å². The van der Waals surface area contributed by atoms with E-state index in [0.29, 0.717) is 17.7 Å². The molecular formula is C24H36N2O. The molecule has 2 rings (SSSR count). The highest BCUT2D eigenvalue weighted by Gasteiger charge is 2.22. The summed E-state index contributed by atoms with van der Waals surface area (Å²) in [4.78, 5) is 4.80. The smallest absolute Gasteiger partial charge is 0.120 e. The summed E-state index contributed by atoms with van der Waals surface area (Å²) in [6, 6.07) is 17.1. The first-order chi connectivity index (χ1) is 12.9. The molecule has 0 radical (unpaired) electrons. The number of hydrogen-bond donors (Lipinski definition) is 1. The topological polar surface area (TPSA) is 26.7 Å². The van der Waals surface area contributed by atoms with Gasteiger partial charge in [-0.1, -0.05) is 63.2 Å². The lowest BCUT2D eigenvalue weighted by atomic mass is 9.99.